The molecule has 94 valence electrons. The van der Waals surface area contributed by atoms with Crippen LogP contribution in [0.2, 0.25) is 0 Å². The van der Waals surface area contributed by atoms with Gasteiger partial charge in [-0.25, -0.2) is 4.79 Å². The molecule has 0 aromatic heterocycles. The second-order valence-electron chi connectivity index (χ2n) is 3.51. The standard InChI is InChI=1S/C10H10Br2N2O2.ClH/c11-5-3-6(9(13)7(12)4-5)8-1-2-16-10(15)14-8;/h3-4,8H,1-2,13H2,(H,14,15);1H/t8-;/m0./s1. The zero-order valence-electron chi connectivity index (χ0n) is 8.70. The lowest BCUT2D eigenvalue weighted by molar-refractivity contribution is 0.115. The molecule has 0 bridgehead atoms. The Morgan fingerprint density at radius 3 is 2.76 bits per heavy atom. The van der Waals surface area contributed by atoms with Crippen LogP contribution in [0, 0.1) is 0 Å². The minimum atomic E-state index is -0.397. The Morgan fingerprint density at radius 1 is 1.41 bits per heavy atom. The number of nitrogen functional groups attached to an aromatic ring is 1. The van der Waals surface area contributed by atoms with Crippen LogP contribution in [-0.2, 0) is 4.74 Å². The van der Waals surface area contributed by atoms with Gasteiger partial charge in [-0.15, -0.1) is 12.4 Å². The molecular weight excluding hydrogens is 375 g/mol. The third-order valence-electron chi connectivity index (χ3n) is 2.43. The fraction of sp³-hybridized carbons (Fsp3) is 0.300. The molecule has 1 fully saturated rings. The quantitative estimate of drug-likeness (QED) is 0.727. The van der Waals surface area contributed by atoms with E-state index >= 15 is 0 Å². The second kappa shape index (κ2) is 5.93. The highest BCUT2D eigenvalue weighted by atomic mass is 79.9. The minimum Gasteiger partial charge on any atom is -0.449 e. The van der Waals surface area contributed by atoms with E-state index in [9.17, 15) is 4.79 Å². The molecule has 0 unspecified atom stereocenters. The lowest BCUT2D eigenvalue weighted by Gasteiger charge is -2.25. The van der Waals surface area contributed by atoms with Crippen LogP contribution in [0.15, 0.2) is 21.1 Å². The molecule has 17 heavy (non-hydrogen) atoms. The van der Waals surface area contributed by atoms with Gasteiger partial charge in [0.2, 0.25) is 0 Å². The molecule has 1 amide bonds. The first-order valence-corrected chi connectivity index (χ1v) is 6.34. The molecule has 0 spiro atoms. The van der Waals surface area contributed by atoms with Crippen LogP contribution >= 0.6 is 44.3 Å². The SMILES string of the molecule is Cl.Nc1c(Br)cc(Br)cc1[C@@H]1CCOC(=O)N1. The van der Waals surface area contributed by atoms with Crippen molar-refractivity contribution in [3.63, 3.8) is 0 Å². The van der Waals surface area contributed by atoms with E-state index in [1.54, 1.807) is 0 Å². The topological polar surface area (TPSA) is 64.3 Å². The van der Waals surface area contributed by atoms with Crippen LogP contribution in [0.1, 0.15) is 18.0 Å². The highest BCUT2D eigenvalue weighted by Crippen LogP contribution is 2.34. The molecule has 4 nitrogen and oxygen atoms in total. The number of ether oxygens (including phenoxy) is 1. The fourth-order valence-corrected chi connectivity index (χ4v) is 2.91. The summed E-state index contributed by atoms with van der Waals surface area (Å²) in [5.74, 6) is 0. The molecule has 0 aliphatic carbocycles. The van der Waals surface area contributed by atoms with Crippen LogP contribution in [0.5, 0.6) is 0 Å². The summed E-state index contributed by atoms with van der Waals surface area (Å²) >= 11 is 6.78. The van der Waals surface area contributed by atoms with Gasteiger partial charge in [-0.2, -0.15) is 0 Å². The van der Waals surface area contributed by atoms with Gasteiger partial charge in [-0.1, -0.05) is 15.9 Å². The number of amides is 1. The van der Waals surface area contributed by atoms with Gasteiger partial charge in [0, 0.05) is 15.4 Å². The zero-order valence-corrected chi connectivity index (χ0v) is 12.7. The molecule has 1 aromatic carbocycles. The second-order valence-corrected chi connectivity index (χ2v) is 5.28. The molecule has 1 aliphatic heterocycles. The van der Waals surface area contributed by atoms with Crippen molar-refractivity contribution in [1.29, 1.82) is 0 Å². The number of hydrogen-bond acceptors (Lipinski definition) is 3. The monoisotopic (exact) mass is 384 g/mol. The van der Waals surface area contributed by atoms with Crippen molar-refractivity contribution in [2.75, 3.05) is 12.3 Å². The number of alkyl carbamates (subject to hydrolysis) is 1. The summed E-state index contributed by atoms with van der Waals surface area (Å²) < 4.78 is 6.55. The normalized spacial score (nSPS) is 18.9. The number of carbonyl (C=O) groups excluding carboxylic acids is 1. The van der Waals surface area contributed by atoms with Crippen molar-refractivity contribution in [1.82, 2.24) is 5.32 Å². The maximum atomic E-state index is 11.1. The highest BCUT2D eigenvalue weighted by molar-refractivity contribution is 9.11. The summed E-state index contributed by atoms with van der Waals surface area (Å²) in [5, 5.41) is 2.75. The molecule has 3 N–H and O–H groups in total. The smallest absolute Gasteiger partial charge is 0.407 e. The van der Waals surface area contributed by atoms with Crippen LogP contribution < -0.4 is 11.1 Å². The van der Waals surface area contributed by atoms with Crippen LogP contribution in [-0.4, -0.2) is 12.7 Å². The first kappa shape index (κ1) is 14.6. The number of rotatable bonds is 1. The van der Waals surface area contributed by atoms with Crippen LogP contribution in [0.4, 0.5) is 10.5 Å². The van der Waals surface area contributed by atoms with Crippen molar-refractivity contribution >= 4 is 56.0 Å². The maximum Gasteiger partial charge on any atom is 0.407 e. The molecule has 0 radical (unpaired) electrons. The number of hydrogen-bond donors (Lipinski definition) is 2. The van der Waals surface area contributed by atoms with E-state index in [1.807, 2.05) is 12.1 Å². The molecule has 1 aliphatic rings. The lowest BCUT2D eigenvalue weighted by atomic mass is 10.0. The van der Waals surface area contributed by atoms with Crippen molar-refractivity contribution < 1.29 is 9.53 Å². The summed E-state index contributed by atoms with van der Waals surface area (Å²) in [6, 6.07) is 3.70. The minimum absolute atomic E-state index is 0. The summed E-state index contributed by atoms with van der Waals surface area (Å²) in [6.07, 6.45) is 0.325. The molecule has 0 saturated carbocycles. The number of anilines is 1. The number of benzene rings is 1. The van der Waals surface area contributed by atoms with E-state index in [4.69, 9.17) is 10.5 Å². The van der Waals surface area contributed by atoms with Gasteiger partial charge in [-0.3, -0.25) is 0 Å². The van der Waals surface area contributed by atoms with Gasteiger partial charge in [0.1, 0.15) is 0 Å². The third kappa shape index (κ3) is 3.26. The van der Waals surface area contributed by atoms with E-state index in [-0.39, 0.29) is 18.4 Å². The lowest BCUT2D eigenvalue weighted by Crippen LogP contribution is -2.35. The number of carbonyl (C=O) groups is 1. The van der Waals surface area contributed by atoms with E-state index in [0.29, 0.717) is 12.3 Å². The summed E-state index contributed by atoms with van der Waals surface area (Å²) in [7, 11) is 0. The van der Waals surface area contributed by atoms with Gasteiger partial charge in [0.15, 0.2) is 0 Å². The Balaban J connectivity index is 0.00000144. The van der Waals surface area contributed by atoms with E-state index < -0.39 is 6.09 Å². The van der Waals surface area contributed by atoms with E-state index in [0.717, 1.165) is 20.9 Å². The largest absolute Gasteiger partial charge is 0.449 e. The summed E-state index contributed by atoms with van der Waals surface area (Å²) in [5.41, 5.74) is 7.52. The molecule has 1 atom stereocenters. The Bertz CT molecular complexity index is 443. The van der Waals surface area contributed by atoms with Gasteiger partial charge < -0.3 is 15.8 Å². The number of nitrogens with one attached hydrogen (secondary N) is 1. The van der Waals surface area contributed by atoms with Crippen LogP contribution in [0.25, 0.3) is 0 Å². The Hall–Kier alpha value is -0.460. The Morgan fingerprint density at radius 2 is 2.12 bits per heavy atom. The summed E-state index contributed by atoms with van der Waals surface area (Å²) in [4.78, 5) is 11.1. The van der Waals surface area contributed by atoms with Gasteiger partial charge in [0.05, 0.1) is 18.3 Å². The van der Waals surface area contributed by atoms with Crippen molar-refractivity contribution in [2.45, 2.75) is 12.5 Å². The van der Waals surface area contributed by atoms with Crippen molar-refractivity contribution in [3.8, 4) is 0 Å². The van der Waals surface area contributed by atoms with Gasteiger partial charge in [-0.05, 0) is 33.6 Å². The number of cyclic esters (lactones) is 1. The molecule has 1 saturated heterocycles. The van der Waals surface area contributed by atoms with E-state index in [1.165, 1.54) is 0 Å². The van der Waals surface area contributed by atoms with Crippen molar-refractivity contribution in [2.24, 2.45) is 0 Å². The van der Waals surface area contributed by atoms with Crippen LogP contribution in [0.3, 0.4) is 0 Å². The fourth-order valence-electron chi connectivity index (χ4n) is 1.65. The average molecular weight is 386 g/mol. The average Bonchev–Trinajstić information content (AvgIpc) is 2.23. The molecule has 7 heteroatoms. The first-order valence-electron chi connectivity index (χ1n) is 4.75. The number of nitrogens with two attached hydrogens (primary N) is 1. The number of halogens is 3. The molecule has 1 aromatic rings. The zero-order chi connectivity index (χ0) is 11.7. The third-order valence-corrected chi connectivity index (χ3v) is 3.55. The molecular formula is C10H11Br2ClN2O2. The summed E-state index contributed by atoms with van der Waals surface area (Å²) in [6.45, 7) is 0.417. The van der Waals surface area contributed by atoms with Gasteiger partial charge >= 0.3 is 6.09 Å². The molecule has 1 heterocycles. The van der Waals surface area contributed by atoms with Gasteiger partial charge in [0.25, 0.3) is 0 Å². The first-order chi connectivity index (χ1) is 7.58. The Kier molecular flexibility index (Phi) is 5.09. The highest BCUT2D eigenvalue weighted by Gasteiger charge is 2.23. The predicted molar refractivity (Wildman–Crippen MR) is 75.3 cm³/mol. The molecule has 2 rings (SSSR count). The van der Waals surface area contributed by atoms with E-state index in [2.05, 4.69) is 37.2 Å². The van der Waals surface area contributed by atoms with Crippen molar-refractivity contribution in [3.05, 3.63) is 26.6 Å². The maximum absolute atomic E-state index is 11.1. The predicted octanol–water partition coefficient (Wildman–Crippen LogP) is 3.39. The Labute approximate surface area is 122 Å².